The highest BCUT2D eigenvalue weighted by atomic mass is 32.2. The maximum atomic E-state index is 12.8. The van der Waals surface area contributed by atoms with Crippen molar-refractivity contribution < 1.29 is 33.4 Å². The van der Waals surface area contributed by atoms with E-state index in [4.69, 9.17) is 14.2 Å². The molecule has 3 fully saturated rings. The number of piperidine rings is 1. The third-order valence-electron chi connectivity index (χ3n) is 6.08. The van der Waals surface area contributed by atoms with E-state index in [1.165, 1.54) is 7.11 Å². The first-order chi connectivity index (χ1) is 17.0. The van der Waals surface area contributed by atoms with Crippen molar-refractivity contribution in [3.63, 3.8) is 0 Å². The van der Waals surface area contributed by atoms with Crippen LogP contribution in [0.1, 0.15) is 24.8 Å². The predicted octanol–water partition coefficient (Wildman–Crippen LogP) is 1.98. The largest absolute Gasteiger partial charge is 0.493 e. The Balaban J connectivity index is 1.39. The molecule has 0 atom stereocenters. The average Bonchev–Trinajstić information content (AvgIpc) is 3.15. The van der Waals surface area contributed by atoms with Gasteiger partial charge in [0.25, 0.3) is 17.1 Å². The number of ether oxygens (including phenoxy) is 3. The molecule has 0 radical (unpaired) electrons. The first-order valence-electron chi connectivity index (χ1n) is 11.7. The van der Waals surface area contributed by atoms with Gasteiger partial charge in [-0.2, -0.15) is 0 Å². The molecule has 35 heavy (non-hydrogen) atoms. The highest BCUT2D eigenvalue weighted by Gasteiger charge is 2.37. The fourth-order valence-electron chi connectivity index (χ4n) is 4.10. The lowest BCUT2D eigenvalue weighted by Crippen LogP contribution is -2.44. The number of imide groups is 1. The number of rotatable bonds is 7. The second-order valence-electron chi connectivity index (χ2n) is 8.40. The van der Waals surface area contributed by atoms with Crippen LogP contribution in [0.2, 0.25) is 0 Å². The maximum Gasteiger partial charge on any atom is 0.294 e. The topological polar surface area (TPSA) is 106 Å². The molecule has 3 saturated heterocycles. The summed E-state index contributed by atoms with van der Waals surface area (Å²) in [6.45, 7) is 3.07. The molecule has 3 aliphatic rings. The van der Waals surface area contributed by atoms with Crippen molar-refractivity contribution in [3.05, 3.63) is 28.7 Å². The molecule has 1 aromatic rings. The molecule has 4 amide bonds. The minimum atomic E-state index is -0.485. The Morgan fingerprint density at radius 3 is 2.43 bits per heavy atom. The van der Waals surface area contributed by atoms with Gasteiger partial charge in [0.1, 0.15) is 6.54 Å². The number of hydrogen-bond acceptors (Lipinski definition) is 8. The van der Waals surface area contributed by atoms with Crippen LogP contribution in [0.5, 0.6) is 11.5 Å². The number of carbonyl (C=O) groups is 4. The van der Waals surface area contributed by atoms with Gasteiger partial charge in [-0.05, 0) is 54.8 Å². The van der Waals surface area contributed by atoms with Crippen molar-refractivity contribution in [2.24, 2.45) is 0 Å². The first-order valence-corrected chi connectivity index (χ1v) is 12.5. The second kappa shape index (κ2) is 11.6. The average molecular weight is 504 g/mol. The predicted molar refractivity (Wildman–Crippen MR) is 129 cm³/mol. The molecule has 0 unspecified atom stereocenters. The number of hydrogen-bond donors (Lipinski definition) is 0. The zero-order chi connectivity index (χ0) is 24.8. The Morgan fingerprint density at radius 2 is 1.71 bits per heavy atom. The van der Waals surface area contributed by atoms with Gasteiger partial charge in [0.2, 0.25) is 5.91 Å². The van der Waals surface area contributed by atoms with Crippen LogP contribution in [0.25, 0.3) is 6.08 Å². The number of morpholine rings is 1. The molecule has 0 saturated carbocycles. The number of amides is 4. The molecule has 0 N–H and O–H groups in total. The summed E-state index contributed by atoms with van der Waals surface area (Å²) in [6.07, 6.45) is 4.56. The van der Waals surface area contributed by atoms with Gasteiger partial charge in [0.05, 0.1) is 25.2 Å². The monoisotopic (exact) mass is 503 g/mol. The summed E-state index contributed by atoms with van der Waals surface area (Å²) in [5.41, 5.74) is 0.626. The van der Waals surface area contributed by atoms with E-state index in [-0.39, 0.29) is 29.9 Å². The number of carbonyl (C=O) groups excluding carboxylic acids is 4. The quantitative estimate of drug-likeness (QED) is 0.520. The Labute approximate surface area is 208 Å². The maximum absolute atomic E-state index is 12.8. The van der Waals surface area contributed by atoms with Gasteiger partial charge >= 0.3 is 0 Å². The molecule has 0 aliphatic carbocycles. The number of benzene rings is 1. The molecule has 11 heteroatoms. The number of likely N-dealkylation sites (tertiary alicyclic amines) is 1. The van der Waals surface area contributed by atoms with Gasteiger partial charge in [-0.25, -0.2) is 0 Å². The van der Waals surface area contributed by atoms with Gasteiger partial charge in [-0.1, -0.05) is 6.07 Å². The standard InChI is InChI=1S/C24H29N3O7S/c1-32-19-13-17(5-6-18(19)34-16-22(29)26-9-11-33-12-10-26)14-20-23(30)27(24(31)35-20)15-21(28)25-7-3-2-4-8-25/h5-6,13-14H,2-4,7-12,15-16H2,1H3/b20-14-. The van der Waals surface area contributed by atoms with E-state index in [1.807, 2.05) is 0 Å². The summed E-state index contributed by atoms with van der Waals surface area (Å²) in [6, 6.07) is 5.03. The SMILES string of the molecule is COc1cc(/C=C2\SC(=O)N(CC(=O)N3CCCCC3)C2=O)ccc1OCC(=O)N1CCOCC1. The molecule has 10 nitrogen and oxygen atoms in total. The lowest BCUT2D eigenvalue weighted by atomic mass is 10.1. The molecule has 4 rings (SSSR count). The fraction of sp³-hybridized carbons (Fsp3) is 0.500. The minimum Gasteiger partial charge on any atom is -0.493 e. The van der Waals surface area contributed by atoms with Crippen LogP contribution < -0.4 is 9.47 Å². The van der Waals surface area contributed by atoms with E-state index in [1.54, 1.807) is 34.1 Å². The van der Waals surface area contributed by atoms with Crippen LogP contribution in [-0.2, 0) is 19.1 Å². The van der Waals surface area contributed by atoms with Crippen molar-refractivity contribution in [1.82, 2.24) is 14.7 Å². The van der Waals surface area contributed by atoms with Crippen LogP contribution in [0.4, 0.5) is 4.79 Å². The smallest absolute Gasteiger partial charge is 0.294 e. The van der Waals surface area contributed by atoms with Crippen LogP contribution >= 0.6 is 11.8 Å². The highest BCUT2D eigenvalue weighted by Crippen LogP contribution is 2.34. The molecule has 0 bridgehead atoms. The molecule has 3 heterocycles. The molecule has 0 spiro atoms. The highest BCUT2D eigenvalue weighted by molar-refractivity contribution is 8.18. The zero-order valence-corrected chi connectivity index (χ0v) is 20.5. The first kappa shape index (κ1) is 25.1. The molecular weight excluding hydrogens is 474 g/mol. The molecule has 1 aromatic carbocycles. The molecule has 188 valence electrons. The van der Waals surface area contributed by atoms with Gasteiger partial charge in [-0.15, -0.1) is 0 Å². The van der Waals surface area contributed by atoms with Crippen molar-refractivity contribution in [2.45, 2.75) is 19.3 Å². The van der Waals surface area contributed by atoms with E-state index < -0.39 is 11.1 Å². The van der Waals surface area contributed by atoms with Crippen molar-refractivity contribution in [2.75, 3.05) is 59.7 Å². The van der Waals surface area contributed by atoms with E-state index in [0.717, 1.165) is 35.9 Å². The van der Waals surface area contributed by atoms with Gasteiger partial charge < -0.3 is 24.0 Å². The van der Waals surface area contributed by atoms with Crippen LogP contribution in [0.15, 0.2) is 23.1 Å². The Kier molecular flexibility index (Phi) is 8.29. The summed E-state index contributed by atoms with van der Waals surface area (Å²) in [4.78, 5) is 54.8. The molecular formula is C24H29N3O7S. The molecule has 0 aromatic heterocycles. The van der Waals surface area contributed by atoms with Crippen molar-refractivity contribution in [3.8, 4) is 11.5 Å². The van der Waals surface area contributed by atoms with E-state index in [0.29, 0.717) is 56.5 Å². The lowest BCUT2D eigenvalue weighted by molar-refractivity contribution is -0.137. The summed E-state index contributed by atoms with van der Waals surface area (Å²) < 4.78 is 16.3. The normalized spacial score (nSPS) is 19.9. The van der Waals surface area contributed by atoms with Gasteiger partial charge in [0.15, 0.2) is 18.1 Å². The van der Waals surface area contributed by atoms with E-state index in [9.17, 15) is 19.2 Å². The Bertz CT molecular complexity index is 1020. The fourth-order valence-corrected chi connectivity index (χ4v) is 4.94. The summed E-state index contributed by atoms with van der Waals surface area (Å²) >= 11 is 0.808. The number of methoxy groups -OCH3 is 1. The number of thioether (sulfide) groups is 1. The van der Waals surface area contributed by atoms with Gasteiger partial charge in [0, 0.05) is 26.2 Å². The third kappa shape index (κ3) is 6.15. The zero-order valence-electron chi connectivity index (χ0n) is 19.7. The third-order valence-corrected chi connectivity index (χ3v) is 6.98. The van der Waals surface area contributed by atoms with Crippen molar-refractivity contribution in [1.29, 1.82) is 0 Å². The summed E-state index contributed by atoms with van der Waals surface area (Å²) in [5, 5.41) is -0.458. The van der Waals surface area contributed by atoms with Gasteiger partial charge in [-0.3, -0.25) is 24.1 Å². The Morgan fingerprint density at radius 1 is 1.00 bits per heavy atom. The second-order valence-corrected chi connectivity index (χ2v) is 9.39. The summed E-state index contributed by atoms with van der Waals surface area (Å²) in [7, 11) is 1.48. The van der Waals surface area contributed by atoms with Crippen LogP contribution in [-0.4, -0.2) is 97.3 Å². The molecule has 3 aliphatic heterocycles. The van der Waals surface area contributed by atoms with Crippen LogP contribution in [0.3, 0.4) is 0 Å². The van der Waals surface area contributed by atoms with Crippen molar-refractivity contribution >= 4 is 40.8 Å². The Hall–Kier alpha value is -3.05. The van der Waals surface area contributed by atoms with E-state index >= 15 is 0 Å². The summed E-state index contributed by atoms with van der Waals surface area (Å²) in [5.74, 6) is -0.0319. The minimum absolute atomic E-state index is 0.125. The van der Waals surface area contributed by atoms with Crippen LogP contribution in [0, 0.1) is 0 Å². The number of nitrogens with zero attached hydrogens (tertiary/aromatic N) is 3. The van der Waals surface area contributed by atoms with E-state index in [2.05, 4.69) is 0 Å². The lowest BCUT2D eigenvalue weighted by Gasteiger charge is -2.27.